The van der Waals surface area contributed by atoms with Crippen LogP contribution < -0.4 is 15.4 Å². The van der Waals surface area contributed by atoms with E-state index in [1.54, 1.807) is 12.1 Å². The quantitative estimate of drug-likeness (QED) is 0.313. The molecule has 144 valence electrons. The van der Waals surface area contributed by atoms with Gasteiger partial charge in [-0.2, -0.15) is 0 Å². The first-order valence-corrected chi connectivity index (χ1v) is 8.33. The van der Waals surface area contributed by atoms with Crippen molar-refractivity contribution in [3.05, 3.63) is 30.3 Å². The molecule has 4 N–H and O–H groups in total. The Morgan fingerprint density at radius 3 is 2.38 bits per heavy atom. The van der Waals surface area contributed by atoms with E-state index in [1.165, 1.54) is 13.8 Å². The molecule has 8 nitrogen and oxygen atoms in total. The third kappa shape index (κ3) is 7.20. The van der Waals surface area contributed by atoms with Gasteiger partial charge in [-0.05, 0) is 12.1 Å². The summed E-state index contributed by atoms with van der Waals surface area (Å²) in [5.41, 5.74) is -0.996. The number of carbonyl (C=O) groups is 3. The van der Waals surface area contributed by atoms with Crippen molar-refractivity contribution in [1.82, 2.24) is 10.6 Å². The molecule has 0 spiro atoms. The topological polar surface area (TPSA) is 125 Å². The predicted octanol–water partition coefficient (Wildman–Crippen LogP) is -0.364. The van der Waals surface area contributed by atoms with Gasteiger partial charge >= 0.3 is 0 Å². The zero-order chi connectivity index (χ0) is 19.6. The minimum absolute atomic E-state index is 0.0792. The molecule has 1 aromatic rings. The highest BCUT2D eigenvalue weighted by molar-refractivity contribution is 6.36. The zero-order valence-corrected chi connectivity index (χ0v) is 15.0. The lowest BCUT2D eigenvalue weighted by molar-refractivity contribution is -0.139. The number of aliphatic hydroxyl groups is 2. The number of Topliss-reactive ketones (excluding diaryl/α,β-unsaturated/α-hetero) is 1. The summed E-state index contributed by atoms with van der Waals surface area (Å²) in [7, 11) is 0. The number of amides is 2. The second-order valence-corrected chi connectivity index (χ2v) is 6.43. The molecule has 0 saturated carbocycles. The van der Waals surface area contributed by atoms with Crippen LogP contribution in [0.1, 0.15) is 20.3 Å². The minimum Gasteiger partial charge on any atom is -0.492 e. The lowest BCUT2D eigenvalue weighted by Crippen LogP contribution is -2.46. The van der Waals surface area contributed by atoms with Crippen LogP contribution in [0.2, 0.25) is 0 Å². The number of para-hydroxylation sites is 1. The van der Waals surface area contributed by atoms with Crippen molar-refractivity contribution in [2.75, 3.05) is 26.3 Å². The van der Waals surface area contributed by atoms with Crippen molar-refractivity contribution < 1.29 is 29.3 Å². The van der Waals surface area contributed by atoms with Gasteiger partial charge in [-0.25, -0.2) is 0 Å². The lowest BCUT2D eigenvalue weighted by Gasteiger charge is -2.27. The molecule has 1 atom stereocenters. The van der Waals surface area contributed by atoms with E-state index in [4.69, 9.17) is 9.84 Å². The van der Waals surface area contributed by atoms with Crippen LogP contribution in [-0.2, 0) is 14.4 Å². The highest BCUT2D eigenvalue weighted by atomic mass is 16.5. The highest BCUT2D eigenvalue weighted by Gasteiger charge is 2.32. The fourth-order valence-corrected chi connectivity index (χ4v) is 1.90. The van der Waals surface area contributed by atoms with Crippen molar-refractivity contribution >= 4 is 17.6 Å². The van der Waals surface area contributed by atoms with E-state index in [2.05, 4.69) is 10.6 Å². The van der Waals surface area contributed by atoms with E-state index in [0.717, 1.165) is 0 Å². The van der Waals surface area contributed by atoms with Crippen molar-refractivity contribution in [2.45, 2.75) is 26.4 Å². The zero-order valence-electron chi connectivity index (χ0n) is 15.0. The van der Waals surface area contributed by atoms with Crippen molar-refractivity contribution in [1.29, 1.82) is 0 Å². The molecular weight excluding hydrogens is 340 g/mol. The van der Waals surface area contributed by atoms with Crippen LogP contribution in [0.15, 0.2) is 30.3 Å². The number of rotatable bonds is 11. The number of aliphatic hydroxyl groups excluding tert-OH is 2. The number of nitrogens with one attached hydrogen (secondary N) is 2. The first-order chi connectivity index (χ1) is 12.3. The van der Waals surface area contributed by atoms with Crippen LogP contribution in [-0.4, -0.2) is 60.2 Å². The molecule has 0 bridgehead atoms. The molecule has 2 amide bonds. The first-order valence-electron chi connectivity index (χ1n) is 8.33. The molecule has 0 radical (unpaired) electrons. The van der Waals surface area contributed by atoms with Gasteiger partial charge in [-0.3, -0.25) is 14.4 Å². The molecule has 0 aliphatic heterocycles. The van der Waals surface area contributed by atoms with Gasteiger partial charge in [0, 0.05) is 18.4 Å². The Bertz CT molecular complexity index is 603. The largest absolute Gasteiger partial charge is 0.492 e. The average molecular weight is 366 g/mol. The van der Waals surface area contributed by atoms with Gasteiger partial charge in [0.25, 0.3) is 5.91 Å². The van der Waals surface area contributed by atoms with E-state index in [0.29, 0.717) is 5.75 Å². The predicted molar refractivity (Wildman–Crippen MR) is 94.5 cm³/mol. The van der Waals surface area contributed by atoms with Gasteiger partial charge in [0.2, 0.25) is 11.7 Å². The number of benzene rings is 1. The van der Waals surface area contributed by atoms with Crippen molar-refractivity contribution in [3.8, 4) is 5.75 Å². The van der Waals surface area contributed by atoms with E-state index in [9.17, 15) is 19.5 Å². The third-order valence-electron chi connectivity index (χ3n) is 3.70. The second kappa shape index (κ2) is 10.5. The standard InChI is InChI=1S/C18H26N2O6/c1-18(2,12-21)15(23)17(25)19-9-8-14(22)16(24)20-10-11-26-13-6-4-3-5-7-13/h3-7,15,21,23H,8-12H2,1-2H3,(H,19,25)(H,20,24). The molecule has 8 heteroatoms. The molecule has 1 aromatic carbocycles. The molecule has 0 aliphatic carbocycles. The maximum Gasteiger partial charge on any atom is 0.287 e. The minimum atomic E-state index is -1.41. The summed E-state index contributed by atoms with van der Waals surface area (Å²) in [6.07, 6.45) is -1.60. The highest BCUT2D eigenvalue weighted by Crippen LogP contribution is 2.19. The van der Waals surface area contributed by atoms with Gasteiger partial charge in [-0.1, -0.05) is 32.0 Å². The second-order valence-electron chi connectivity index (χ2n) is 6.43. The Hall–Kier alpha value is -2.45. The van der Waals surface area contributed by atoms with E-state index in [1.807, 2.05) is 18.2 Å². The number of carbonyl (C=O) groups excluding carboxylic acids is 3. The van der Waals surface area contributed by atoms with Crippen LogP contribution in [0.25, 0.3) is 0 Å². The van der Waals surface area contributed by atoms with E-state index < -0.39 is 29.1 Å². The van der Waals surface area contributed by atoms with Gasteiger partial charge in [0.05, 0.1) is 13.2 Å². The van der Waals surface area contributed by atoms with Gasteiger partial charge in [0.1, 0.15) is 18.5 Å². The normalized spacial score (nSPS) is 12.2. The van der Waals surface area contributed by atoms with Crippen molar-refractivity contribution in [2.24, 2.45) is 5.41 Å². The van der Waals surface area contributed by atoms with Gasteiger partial charge < -0.3 is 25.6 Å². The summed E-state index contributed by atoms with van der Waals surface area (Å²) in [6, 6.07) is 9.06. The van der Waals surface area contributed by atoms with Crippen LogP contribution in [0.4, 0.5) is 0 Å². The fourth-order valence-electron chi connectivity index (χ4n) is 1.90. The van der Waals surface area contributed by atoms with Crippen LogP contribution >= 0.6 is 0 Å². The van der Waals surface area contributed by atoms with Crippen LogP contribution in [0.3, 0.4) is 0 Å². The van der Waals surface area contributed by atoms with Crippen molar-refractivity contribution in [3.63, 3.8) is 0 Å². The summed E-state index contributed by atoms with van der Waals surface area (Å²) in [6.45, 7) is 3.02. The molecule has 0 aromatic heterocycles. The lowest BCUT2D eigenvalue weighted by atomic mass is 9.87. The summed E-state index contributed by atoms with van der Waals surface area (Å²) in [5.74, 6) is -1.47. The molecule has 26 heavy (non-hydrogen) atoms. The third-order valence-corrected chi connectivity index (χ3v) is 3.70. The fraction of sp³-hybridized carbons (Fsp3) is 0.500. The van der Waals surface area contributed by atoms with Gasteiger partial charge in [0.15, 0.2) is 0 Å². The van der Waals surface area contributed by atoms with Crippen LogP contribution in [0.5, 0.6) is 5.75 Å². The summed E-state index contributed by atoms with van der Waals surface area (Å²) in [5, 5.41) is 23.7. The Labute approximate surface area is 152 Å². The number of hydrogen-bond acceptors (Lipinski definition) is 6. The first kappa shape index (κ1) is 21.6. The van der Waals surface area contributed by atoms with Crippen LogP contribution in [0, 0.1) is 5.41 Å². The number of ketones is 1. The molecule has 0 saturated heterocycles. The number of hydrogen-bond donors (Lipinski definition) is 4. The average Bonchev–Trinajstić information content (AvgIpc) is 2.64. The molecule has 1 rings (SSSR count). The molecule has 0 fully saturated rings. The summed E-state index contributed by atoms with van der Waals surface area (Å²) >= 11 is 0. The summed E-state index contributed by atoms with van der Waals surface area (Å²) < 4.78 is 5.39. The molecular formula is C18H26N2O6. The monoisotopic (exact) mass is 366 g/mol. The SMILES string of the molecule is CC(C)(CO)C(O)C(=O)NCCC(=O)C(=O)NCCOc1ccccc1. The summed E-state index contributed by atoms with van der Waals surface area (Å²) in [4.78, 5) is 35.1. The van der Waals surface area contributed by atoms with Gasteiger partial charge in [-0.15, -0.1) is 0 Å². The molecule has 0 heterocycles. The maximum absolute atomic E-state index is 11.7. The Balaban J connectivity index is 2.22. The Morgan fingerprint density at radius 2 is 1.77 bits per heavy atom. The van der Waals surface area contributed by atoms with E-state index >= 15 is 0 Å². The smallest absolute Gasteiger partial charge is 0.287 e. The Morgan fingerprint density at radius 1 is 1.12 bits per heavy atom. The maximum atomic E-state index is 11.7. The Kier molecular flexibility index (Phi) is 8.74. The number of ether oxygens (including phenoxy) is 1. The molecule has 1 unspecified atom stereocenters. The van der Waals surface area contributed by atoms with E-state index in [-0.39, 0.29) is 32.7 Å². The molecule has 0 aliphatic rings.